The molecule has 8 nitrogen and oxygen atoms in total. The summed E-state index contributed by atoms with van der Waals surface area (Å²) < 4.78 is 39.2. The normalized spacial score (nSPS) is 13.5. The maximum Gasteiger partial charge on any atom is 0.345 e. The molecule has 0 atom stereocenters. The minimum Gasteiger partial charge on any atom is -0.461 e. The van der Waals surface area contributed by atoms with E-state index in [4.69, 9.17) is 25.9 Å². The summed E-state index contributed by atoms with van der Waals surface area (Å²) in [6, 6.07) is 21.1. The highest BCUT2D eigenvalue weighted by molar-refractivity contribution is 6.88. The minimum absolute atomic E-state index is 0.0780. The molecular weight excluding hydrogens is 801 g/mol. The van der Waals surface area contributed by atoms with Crippen molar-refractivity contribution in [1.29, 1.82) is 0 Å². The lowest BCUT2D eigenvalue weighted by Crippen LogP contribution is -2.54. The van der Waals surface area contributed by atoms with Crippen LogP contribution in [0.2, 0.25) is 104 Å². The van der Waals surface area contributed by atoms with Crippen molar-refractivity contribution in [2.45, 2.75) is 131 Å². The van der Waals surface area contributed by atoms with Crippen molar-refractivity contribution < 1.29 is 35.5 Å². The summed E-state index contributed by atoms with van der Waals surface area (Å²) in [5, 5.41) is 0. The van der Waals surface area contributed by atoms with E-state index in [1.807, 2.05) is 60.7 Å². The molecule has 0 fully saturated rings. The molecule has 0 N–H and O–H groups in total. The van der Waals surface area contributed by atoms with Crippen molar-refractivity contribution >= 4 is 67.9 Å². The zero-order valence-corrected chi connectivity index (χ0v) is 44.0. The van der Waals surface area contributed by atoms with Crippen molar-refractivity contribution in [1.82, 2.24) is 0 Å². The van der Waals surface area contributed by atoms with E-state index in [0.29, 0.717) is 12.1 Å². The second-order valence-electron chi connectivity index (χ2n) is 20.9. The van der Waals surface area contributed by atoms with Crippen LogP contribution in [0.25, 0.3) is 5.57 Å². The number of ether oxygens (including phenoxy) is 2. The average Bonchev–Trinajstić information content (AvgIpc) is 2.97. The summed E-state index contributed by atoms with van der Waals surface area (Å²) in [5.74, 6) is -1.47. The molecule has 0 saturated heterocycles. The fraction of sp³-hybridized carbons (Fsp3) is 0.571. The van der Waals surface area contributed by atoms with Crippen molar-refractivity contribution in [3.8, 4) is 0 Å². The molecule has 0 bridgehead atoms. The Morgan fingerprint density at radius 2 is 0.768 bits per heavy atom. The first-order valence-corrected chi connectivity index (χ1v) is 38.6. The summed E-state index contributed by atoms with van der Waals surface area (Å²) in [6.07, 6.45) is 3.35. The van der Waals surface area contributed by atoms with Crippen molar-refractivity contribution in [2.75, 3.05) is 13.2 Å². The van der Waals surface area contributed by atoms with Gasteiger partial charge < -0.3 is 25.9 Å². The van der Waals surface area contributed by atoms with Crippen LogP contribution in [0.1, 0.15) is 38.8 Å². The highest BCUT2D eigenvalue weighted by atomic mass is 28.5. The maximum atomic E-state index is 14.1. The Labute approximate surface area is 346 Å². The van der Waals surface area contributed by atoms with Crippen LogP contribution in [0.15, 0.2) is 78.4 Å². The molecule has 0 radical (unpaired) electrons. The number of benzene rings is 2. The fourth-order valence-electron chi connectivity index (χ4n) is 7.28. The lowest BCUT2D eigenvalue weighted by molar-refractivity contribution is -0.150. The number of carbonyl (C=O) groups is 2. The van der Waals surface area contributed by atoms with Crippen LogP contribution >= 0.6 is 0 Å². The van der Waals surface area contributed by atoms with Crippen LogP contribution in [0.5, 0.6) is 0 Å². The van der Waals surface area contributed by atoms with E-state index < -0.39 is 73.2 Å². The van der Waals surface area contributed by atoms with Gasteiger partial charge in [-0.1, -0.05) is 94.4 Å². The standard InChI is InChI=1S/C42H74O8Si6/c1-41(2,33-55(17,47-51(5,6)7)48-52(8,9)10)31-45-39(43)38(30-29-37(35-25-21-19-22-26-35)36-27-23-20-24-28-36)40(44)46-32-42(3,4)34-56(18,49-53(11,12)13)50-54(14,15)16/h19-30H,31-34H2,1-18H3. The molecule has 0 amide bonds. The van der Waals surface area contributed by atoms with E-state index in [0.717, 1.165) is 16.7 Å². The molecule has 0 heterocycles. The first-order valence-electron chi connectivity index (χ1n) is 19.9. The SMILES string of the molecule is CC(C)(COC(=O)C(=CC=C(c1ccccc1)c1ccccc1)C(=O)OCC(C)(C)C[Si](C)(O[Si](C)(C)C)O[Si](C)(C)C)C[Si](C)(O[Si](C)(C)C)O[Si](C)(C)C. The van der Waals surface area contributed by atoms with Gasteiger partial charge in [-0.15, -0.1) is 0 Å². The van der Waals surface area contributed by atoms with E-state index in [2.05, 4.69) is 119 Å². The molecule has 0 aliphatic carbocycles. The van der Waals surface area contributed by atoms with E-state index in [9.17, 15) is 9.59 Å². The molecule has 314 valence electrons. The van der Waals surface area contributed by atoms with Gasteiger partial charge in [0.15, 0.2) is 33.3 Å². The third kappa shape index (κ3) is 19.6. The quantitative estimate of drug-likeness (QED) is 0.0306. The molecule has 0 spiro atoms. The van der Waals surface area contributed by atoms with E-state index in [1.165, 1.54) is 0 Å². The number of rotatable bonds is 21. The molecule has 0 aliphatic rings. The smallest absolute Gasteiger partial charge is 0.345 e. The first kappa shape index (κ1) is 50.1. The van der Waals surface area contributed by atoms with Gasteiger partial charge in [0, 0.05) is 10.8 Å². The van der Waals surface area contributed by atoms with Crippen molar-refractivity contribution in [3.05, 3.63) is 89.5 Å². The molecule has 0 saturated carbocycles. The lowest BCUT2D eigenvalue weighted by atomic mass is 9.97. The van der Waals surface area contributed by atoms with E-state index >= 15 is 0 Å². The number of hydrogen-bond donors (Lipinski definition) is 0. The highest BCUT2D eigenvalue weighted by Gasteiger charge is 2.46. The average molecular weight is 876 g/mol. The molecule has 56 heavy (non-hydrogen) atoms. The van der Waals surface area contributed by atoms with Gasteiger partial charge in [0.05, 0.1) is 13.2 Å². The van der Waals surface area contributed by atoms with Gasteiger partial charge in [0.2, 0.25) is 0 Å². The lowest BCUT2D eigenvalue weighted by Gasteiger charge is -2.42. The van der Waals surface area contributed by atoms with Gasteiger partial charge in [-0.25, -0.2) is 9.59 Å². The number of allylic oxidation sites excluding steroid dienone is 2. The van der Waals surface area contributed by atoms with Crippen LogP contribution in [0.4, 0.5) is 0 Å². The monoisotopic (exact) mass is 874 g/mol. The molecular formula is C42H74O8Si6. The summed E-state index contributed by atoms with van der Waals surface area (Å²) in [5.41, 5.74) is 1.61. The number of carbonyl (C=O) groups excluding carboxylic acids is 2. The largest absolute Gasteiger partial charge is 0.461 e. The Morgan fingerprint density at radius 3 is 1.04 bits per heavy atom. The van der Waals surface area contributed by atoms with Gasteiger partial charge in [-0.05, 0) is 127 Å². The predicted octanol–water partition coefficient (Wildman–Crippen LogP) is 11.7. The molecule has 2 aromatic carbocycles. The van der Waals surface area contributed by atoms with Crippen LogP contribution in [-0.2, 0) is 35.5 Å². The molecule has 2 rings (SSSR count). The molecule has 0 aromatic heterocycles. The summed E-state index contributed by atoms with van der Waals surface area (Å²) >= 11 is 0. The minimum atomic E-state index is -2.66. The Kier molecular flexibility index (Phi) is 17.4. The topological polar surface area (TPSA) is 89.5 Å². The molecule has 2 aromatic rings. The highest BCUT2D eigenvalue weighted by Crippen LogP contribution is 2.36. The van der Waals surface area contributed by atoms with Crippen LogP contribution in [-0.4, -0.2) is 75.5 Å². The molecule has 0 aliphatic heterocycles. The van der Waals surface area contributed by atoms with Crippen LogP contribution < -0.4 is 0 Å². The van der Waals surface area contributed by atoms with E-state index in [1.54, 1.807) is 12.2 Å². The van der Waals surface area contributed by atoms with Crippen molar-refractivity contribution in [3.63, 3.8) is 0 Å². The van der Waals surface area contributed by atoms with Gasteiger partial charge in [-0.3, -0.25) is 0 Å². The summed E-state index contributed by atoms with van der Waals surface area (Å²) in [7, 11) is -13.1. The Morgan fingerprint density at radius 1 is 0.482 bits per heavy atom. The van der Waals surface area contributed by atoms with Gasteiger partial charge in [0.25, 0.3) is 0 Å². The number of esters is 2. The van der Waals surface area contributed by atoms with Gasteiger partial charge in [0.1, 0.15) is 5.57 Å². The zero-order chi connectivity index (χ0) is 43.0. The second-order valence-corrected chi connectivity index (χ2v) is 46.3. The third-order valence-corrected chi connectivity index (χ3v) is 27.8. The molecule has 0 unspecified atom stereocenters. The predicted molar refractivity (Wildman–Crippen MR) is 248 cm³/mol. The Bertz CT molecular complexity index is 1500. The fourth-order valence-corrected chi connectivity index (χ4v) is 33.9. The van der Waals surface area contributed by atoms with Crippen LogP contribution in [0.3, 0.4) is 0 Å². The Hall–Kier alpha value is -2.00. The van der Waals surface area contributed by atoms with Gasteiger partial charge >= 0.3 is 29.1 Å². The summed E-state index contributed by atoms with van der Waals surface area (Å²) in [4.78, 5) is 28.2. The maximum absolute atomic E-state index is 14.1. The van der Waals surface area contributed by atoms with Crippen molar-refractivity contribution in [2.24, 2.45) is 10.8 Å². The first-order chi connectivity index (χ1) is 25.2. The zero-order valence-electron chi connectivity index (χ0n) is 38.0. The molecule has 14 heteroatoms. The number of hydrogen-bond acceptors (Lipinski definition) is 8. The van der Waals surface area contributed by atoms with Gasteiger partial charge in [-0.2, -0.15) is 0 Å². The second kappa shape index (κ2) is 19.4. The third-order valence-electron chi connectivity index (χ3n) is 7.90. The Balaban J connectivity index is 2.52. The van der Waals surface area contributed by atoms with E-state index in [-0.39, 0.29) is 18.8 Å². The van der Waals surface area contributed by atoms with Crippen LogP contribution in [0, 0.1) is 10.8 Å². The summed E-state index contributed by atoms with van der Waals surface area (Å²) in [6.45, 7) is 38.8.